The number of ether oxygens (including phenoxy) is 1. The maximum atomic E-state index is 10.4. The number of hydrogen-bond acceptors (Lipinski definition) is 2. The number of fused-ring (bicyclic) bond motifs is 1. The van der Waals surface area contributed by atoms with Gasteiger partial charge in [0.25, 0.3) is 0 Å². The summed E-state index contributed by atoms with van der Waals surface area (Å²) in [6, 6.07) is 0. The van der Waals surface area contributed by atoms with Crippen molar-refractivity contribution in [3.63, 3.8) is 0 Å². The van der Waals surface area contributed by atoms with Gasteiger partial charge in [-0.15, -0.1) is 0 Å². The van der Waals surface area contributed by atoms with Crippen LogP contribution in [0.1, 0.15) is 108 Å². The van der Waals surface area contributed by atoms with E-state index < -0.39 is 0 Å². The summed E-state index contributed by atoms with van der Waals surface area (Å²) in [6.45, 7) is 17.3. The first-order chi connectivity index (χ1) is 15.1. The zero-order valence-corrected chi connectivity index (χ0v) is 22.0. The van der Waals surface area contributed by atoms with Crippen molar-refractivity contribution < 1.29 is 9.84 Å². The molecular formula is C30H46O2. The third-order valence-electron chi connectivity index (χ3n) is 7.38. The highest BCUT2D eigenvalue weighted by atomic mass is 16.5. The van der Waals surface area contributed by atoms with Crippen LogP contribution < -0.4 is 4.74 Å². The van der Waals surface area contributed by atoms with Crippen molar-refractivity contribution in [1.82, 2.24) is 0 Å². The van der Waals surface area contributed by atoms with Crippen molar-refractivity contribution in [2.75, 3.05) is 0 Å². The minimum absolute atomic E-state index is 0.134. The largest absolute Gasteiger partial charge is 0.507 e. The van der Waals surface area contributed by atoms with Crippen LogP contribution in [0.3, 0.4) is 0 Å². The second-order valence-corrected chi connectivity index (χ2v) is 10.2. The summed E-state index contributed by atoms with van der Waals surface area (Å²) in [4.78, 5) is 0. The van der Waals surface area contributed by atoms with Gasteiger partial charge in [0.2, 0.25) is 0 Å². The number of aromatic hydroxyl groups is 1. The van der Waals surface area contributed by atoms with Gasteiger partial charge in [-0.05, 0) is 123 Å². The van der Waals surface area contributed by atoms with Crippen LogP contribution in [0.5, 0.6) is 11.5 Å². The molecule has 1 aliphatic rings. The van der Waals surface area contributed by atoms with Gasteiger partial charge < -0.3 is 9.84 Å². The first kappa shape index (κ1) is 26.3. The Morgan fingerprint density at radius 1 is 0.875 bits per heavy atom. The van der Waals surface area contributed by atoms with Crippen LogP contribution in [0.2, 0.25) is 0 Å². The summed E-state index contributed by atoms with van der Waals surface area (Å²) in [7, 11) is 0. The molecule has 0 fully saturated rings. The van der Waals surface area contributed by atoms with Gasteiger partial charge in [0.05, 0.1) is 0 Å². The van der Waals surface area contributed by atoms with Gasteiger partial charge in [0.15, 0.2) is 0 Å². The number of phenols is 1. The van der Waals surface area contributed by atoms with E-state index in [1.54, 1.807) is 0 Å². The maximum absolute atomic E-state index is 10.4. The summed E-state index contributed by atoms with van der Waals surface area (Å²) in [5.41, 5.74) is 8.55. The number of hydrogen-bond donors (Lipinski definition) is 1. The molecule has 0 saturated heterocycles. The normalized spacial score (nSPS) is 19.7. The van der Waals surface area contributed by atoms with E-state index in [2.05, 4.69) is 59.8 Å². The maximum Gasteiger partial charge on any atom is 0.127 e. The zero-order chi connectivity index (χ0) is 23.9. The highest BCUT2D eigenvalue weighted by molar-refractivity contribution is 5.58. The van der Waals surface area contributed by atoms with Crippen LogP contribution in [0, 0.1) is 20.8 Å². The second-order valence-electron chi connectivity index (χ2n) is 10.2. The molecule has 178 valence electrons. The first-order valence-electron chi connectivity index (χ1n) is 12.6. The molecule has 1 N–H and O–H groups in total. The minimum atomic E-state index is -0.134. The molecule has 0 spiro atoms. The minimum Gasteiger partial charge on any atom is -0.507 e. The third kappa shape index (κ3) is 7.02. The Hall–Kier alpha value is -1.96. The van der Waals surface area contributed by atoms with E-state index in [4.69, 9.17) is 4.74 Å². The van der Waals surface area contributed by atoms with Crippen LogP contribution in [0.4, 0.5) is 0 Å². The highest BCUT2D eigenvalue weighted by Crippen LogP contribution is 2.44. The molecule has 1 aromatic rings. The second kappa shape index (κ2) is 11.8. The van der Waals surface area contributed by atoms with E-state index in [1.807, 2.05) is 13.8 Å². The van der Waals surface area contributed by atoms with Gasteiger partial charge in [-0.2, -0.15) is 0 Å². The van der Waals surface area contributed by atoms with Gasteiger partial charge in [-0.1, -0.05) is 41.9 Å². The topological polar surface area (TPSA) is 29.5 Å². The van der Waals surface area contributed by atoms with Crippen molar-refractivity contribution in [2.24, 2.45) is 0 Å². The Morgan fingerprint density at radius 2 is 1.44 bits per heavy atom. The van der Waals surface area contributed by atoms with Crippen LogP contribution >= 0.6 is 0 Å². The van der Waals surface area contributed by atoms with Gasteiger partial charge in [0, 0.05) is 5.56 Å². The van der Waals surface area contributed by atoms with Crippen molar-refractivity contribution in [1.29, 1.82) is 0 Å². The number of allylic oxidation sites excluding steroid dienone is 6. The molecule has 0 saturated carbocycles. The summed E-state index contributed by atoms with van der Waals surface area (Å²) in [5.74, 6) is 1.45. The van der Waals surface area contributed by atoms with Crippen LogP contribution in [-0.2, 0) is 6.42 Å². The fourth-order valence-electron chi connectivity index (χ4n) is 4.54. The molecule has 0 bridgehead atoms. The lowest BCUT2D eigenvalue weighted by Crippen LogP contribution is -2.37. The van der Waals surface area contributed by atoms with Crippen molar-refractivity contribution >= 4 is 0 Å². The predicted octanol–water partition coefficient (Wildman–Crippen LogP) is 8.99. The van der Waals surface area contributed by atoms with Gasteiger partial charge in [-0.25, -0.2) is 0 Å². The van der Waals surface area contributed by atoms with Gasteiger partial charge >= 0.3 is 0 Å². The monoisotopic (exact) mass is 438 g/mol. The molecule has 0 aliphatic carbocycles. The molecule has 1 heterocycles. The Morgan fingerprint density at radius 3 is 2.03 bits per heavy atom. The first-order valence-corrected chi connectivity index (χ1v) is 12.6. The van der Waals surface area contributed by atoms with Gasteiger partial charge in [0.1, 0.15) is 17.1 Å². The lowest BCUT2D eigenvalue weighted by atomic mass is 9.85. The average Bonchev–Trinajstić information content (AvgIpc) is 2.75. The van der Waals surface area contributed by atoms with E-state index in [9.17, 15) is 5.11 Å². The summed E-state index contributed by atoms with van der Waals surface area (Å²) in [5, 5.41) is 10.4. The Labute approximate surface area is 197 Å². The molecule has 2 heteroatoms. The molecule has 0 amide bonds. The molecule has 0 radical (unpaired) electrons. The Balaban J connectivity index is 1.86. The standard InChI is InChI=1S/C30H46O2/c1-9-21(2)13-10-14-22(3)15-11-16-23(4)17-12-19-30(8)20-18-27-26(7)28(31)24(5)25(6)29(27)32-30/h13,15,17,31H,9-12,14,16,18-20H2,1-8H3/b21-13-,22-15+,23-17+/t30-/m1/s1. The molecule has 32 heavy (non-hydrogen) atoms. The zero-order valence-electron chi connectivity index (χ0n) is 22.0. The lowest BCUT2D eigenvalue weighted by molar-refractivity contribution is 0.0558. The molecule has 0 unspecified atom stereocenters. The molecule has 1 atom stereocenters. The van der Waals surface area contributed by atoms with Crippen LogP contribution in [0.25, 0.3) is 0 Å². The van der Waals surface area contributed by atoms with E-state index >= 15 is 0 Å². The van der Waals surface area contributed by atoms with E-state index in [0.29, 0.717) is 5.75 Å². The molecule has 1 aliphatic heterocycles. The number of benzene rings is 1. The van der Waals surface area contributed by atoms with E-state index in [-0.39, 0.29) is 5.60 Å². The van der Waals surface area contributed by atoms with E-state index in [1.165, 1.54) is 28.7 Å². The average molecular weight is 439 g/mol. The molecule has 2 rings (SSSR count). The van der Waals surface area contributed by atoms with Crippen molar-refractivity contribution in [3.8, 4) is 11.5 Å². The van der Waals surface area contributed by atoms with E-state index in [0.717, 1.165) is 73.8 Å². The molecule has 2 nitrogen and oxygen atoms in total. The highest BCUT2D eigenvalue weighted by Gasteiger charge is 2.33. The molecular weight excluding hydrogens is 392 g/mol. The summed E-state index contributed by atoms with van der Waals surface area (Å²) >= 11 is 0. The molecule has 1 aromatic carbocycles. The number of phenolic OH excluding ortho intramolecular Hbond substituents is 1. The predicted molar refractivity (Wildman–Crippen MR) is 139 cm³/mol. The van der Waals surface area contributed by atoms with Crippen LogP contribution in [0.15, 0.2) is 34.9 Å². The fraction of sp³-hybridized carbons (Fsp3) is 0.600. The quantitative estimate of drug-likeness (QED) is 0.369. The third-order valence-corrected chi connectivity index (χ3v) is 7.38. The number of rotatable bonds is 10. The Kier molecular flexibility index (Phi) is 9.67. The smallest absolute Gasteiger partial charge is 0.127 e. The molecule has 0 aromatic heterocycles. The van der Waals surface area contributed by atoms with Crippen LogP contribution in [-0.4, -0.2) is 10.7 Å². The lowest BCUT2D eigenvalue weighted by Gasteiger charge is -2.38. The van der Waals surface area contributed by atoms with Gasteiger partial charge in [-0.3, -0.25) is 0 Å². The SMILES string of the molecule is CC/C(C)=C\CC/C(C)=C/CC/C(C)=C/CC[C@]1(C)CCc2c(C)c(O)c(C)c(C)c2O1. The summed E-state index contributed by atoms with van der Waals surface area (Å²) in [6.07, 6.45) is 17.0. The fourth-order valence-corrected chi connectivity index (χ4v) is 4.54. The van der Waals surface area contributed by atoms with Crippen molar-refractivity contribution in [2.45, 2.75) is 119 Å². The van der Waals surface area contributed by atoms with Crippen molar-refractivity contribution in [3.05, 3.63) is 57.2 Å². The summed E-state index contributed by atoms with van der Waals surface area (Å²) < 4.78 is 6.57. The Bertz CT molecular complexity index is 885.